The van der Waals surface area contributed by atoms with E-state index in [9.17, 15) is 4.79 Å². The maximum absolute atomic E-state index is 10.9. The van der Waals surface area contributed by atoms with Crippen molar-refractivity contribution < 1.29 is 9.90 Å². The molecule has 6 heteroatoms. The van der Waals surface area contributed by atoms with Crippen molar-refractivity contribution >= 4 is 17.3 Å². The van der Waals surface area contributed by atoms with Crippen molar-refractivity contribution in [2.24, 2.45) is 0 Å². The van der Waals surface area contributed by atoms with Crippen LogP contribution in [0.4, 0.5) is 11.4 Å². The Bertz CT molecular complexity index is 497. The van der Waals surface area contributed by atoms with Gasteiger partial charge in [-0.05, 0) is 18.2 Å². The fraction of sp³-hybridized carbons (Fsp3) is 0.182. The Morgan fingerprint density at radius 3 is 2.41 bits per heavy atom. The standard InChI is InChI=1S/C11H10N4O2/c12-3-5-15(6-4-13)8-1-2-10(14)9(7-8)11(16)17/h1-2,7H,5-6,14H2,(H,16,17). The zero-order valence-electron chi connectivity index (χ0n) is 8.92. The van der Waals surface area contributed by atoms with Gasteiger partial charge in [-0.2, -0.15) is 10.5 Å². The monoisotopic (exact) mass is 230 g/mol. The molecule has 0 radical (unpaired) electrons. The number of hydrogen-bond acceptors (Lipinski definition) is 5. The Hall–Kier alpha value is -2.73. The number of rotatable bonds is 4. The van der Waals surface area contributed by atoms with Crippen molar-refractivity contribution in [1.82, 2.24) is 0 Å². The zero-order valence-corrected chi connectivity index (χ0v) is 8.92. The lowest BCUT2D eigenvalue weighted by Crippen LogP contribution is -2.24. The van der Waals surface area contributed by atoms with Gasteiger partial charge in [-0.3, -0.25) is 0 Å². The summed E-state index contributed by atoms with van der Waals surface area (Å²) in [5, 5.41) is 26.1. The molecular weight excluding hydrogens is 220 g/mol. The average molecular weight is 230 g/mol. The number of aromatic carboxylic acids is 1. The molecule has 0 unspecified atom stereocenters. The summed E-state index contributed by atoms with van der Waals surface area (Å²) in [4.78, 5) is 12.3. The van der Waals surface area contributed by atoms with E-state index in [2.05, 4.69) is 0 Å². The van der Waals surface area contributed by atoms with Crippen LogP contribution in [0, 0.1) is 22.7 Å². The zero-order chi connectivity index (χ0) is 12.8. The Balaban J connectivity index is 3.13. The summed E-state index contributed by atoms with van der Waals surface area (Å²) in [5.74, 6) is -1.14. The Morgan fingerprint density at radius 1 is 1.35 bits per heavy atom. The molecule has 17 heavy (non-hydrogen) atoms. The number of carboxylic acid groups (broad SMARTS) is 1. The lowest BCUT2D eigenvalue weighted by atomic mass is 10.1. The predicted octanol–water partition coefficient (Wildman–Crippen LogP) is 0.821. The van der Waals surface area contributed by atoms with E-state index in [4.69, 9.17) is 21.4 Å². The largest absolute Gasteiger partial charge is 0.478 e. The first-order valence-electron chi connectivity index (χ1n) is 4.71. The van der Waals surface area contributed by atoms with E-state index in [-0.39, 0.29) is 24.3 Å². The third-order valence-corrected chi connectivity index (χ3v) is 2.16. The molecule has 0 aromatic heterocycles. The molecule has 0 aliphatic carbocycles. The maximum atomic E-state index is 10.9. The summed E-state index contributed by atoms with van der Waals surface area (Å²) in [7, 11) is 0. The van der Waals surface area contributed by atoms with Crippen molar-refractivity contribution in [2.75, 3.05) is 23.7 Å². The summed E-state index contributed by atoms with van der Waals surface area (Å²) >= 11 is 0. The average Bonchev–Trinajstić information content (AvgIpc) is 2.29. The van der Waals surface area contributed by atoms with Gasteiger partial charge in [-0.1, -0.05) is 0 Å². The van der Waals surface area contributed by atoms with Gasteiger partial charge in [0.1, 0.15) is 13.1 Å². The summed E-state index contributed by atoms with van der Waals surface area (Å²) in [5.41, 5.74) is 6.10. The summed E-state index contributed by atoms with van der Waals surface area (Å²) in [6, 6.07) is 8.20. The van der Waals surface area contributed by atoms with Crippen LogP contribution in [-0.2, 0) is 0 Å². The number of carboxylic acids is 1. The van der Waals surface area contributed by atoms with Crippen LogP contribution in [0.2, 0.25) is 0 Å². The van der Waals surface area contributed by atoms with Gasteiger partial charge in [0.15, 0.2) is 0 Å². The lowest BCUT2D eigenvalue weighted by molar-refractivity contribution is 0.0698. The van der Waals surface area contributed by atoms with Gasteiger partial charge < -0.3 is 15.7 Å². The minimum Gasteiger partial charge on any atom is -0.478 e. The number of benzene rings is 1. The van der Waals surface area contributed by atoms with Crippen molar-refractivity contribution in [3.8, 4) is 12.1 Å². The number of nitrogens with two attached hydrogens (primary N) is 1. The highest BCUT2D eigenvalue weighted by Gasteiger charge is 2.12. The van der Waals surface area contributed by atoms with Gasteiger partial charge in [0.05, 0.1) is 17.7 Å². The van der Waals surface area contributed by atoms with Gasteiger partial charge in [0.25, 0.3) is 0 Å². The molecule has 0 fully saturated rings. The molecule has 86 valence electrons. The lowest BCUT2D eigenvalue weighted by Gasteiger charge is -2.18. The van der Waals surface area contributed by atoms with Crippen molar-refractivity contribution in [3.05, 3.63) is 23.8 Å². The highest BCUT2D eigenvalue weighted by Crippen LogP contribution is 2.21. The third-order valence-electron chi connectivity index (χ3n) is 2.16. The summed E-state index contributed by atoms with van der Waals surface area (Å²) in [6.07, 6.45) is 0. The quantitative estimate of drug-likeness (QED) is 0.584. The third kappa shape index (κ3) is 2.86. The molecule has 1 aromatic rings. The topological polar surface area (TPSA) is 114 Å². The molecule has 0 bridgehead atoms. The van der Waals surface area contributed by atoms with Crippen LogP contribution in [0.5, 0.6) is 0 Å². The van der Waals surface area contributed by atoms with Crippen LogP contribution in [0.15, 0.2) is 18.2 Å². The Labute approximate surface area is 98.1 Å². The first-order chi connectivity index (χ1) is 8.10. The molecule has 0 saturated heterocycles. The van der Waals surface area contributed by atoms with Crippen molar-refractivity contribution in [3.63, 3.8) is 0 Å². The molecule has 1 rings (SSSR count). The second kappa shape index (κ2) is 5.38. The second-order valence-electron chi connectivity index (χ2n) is 3.25. The predicted molar refractivity (Wildman–Crippen MR) is 61.3 cm³/mol. The van der Waals surface area contributed by atoms with Crippen LogP contribution in [-0.4, -0.2) is 24.2 Å². The molecule has 0 saturated carbocycles. The maximum Gasteiger partial charge on any atom is 0.337 e. The fourth-order valence-corrected chi connectivity index (χ4v) is 1.34. The Kier molecular flexibility index (Phi) is 3.91. The minimum absolute atomic E-state index is 0.0105. The van der Waals surface area contributed by atoms with Crippen molar-refractivity contribution in [2.45, 2.75) is 0 Å². The van der Waals surface area contributed by atoms with E-state index in [0.717, 1.165) is 0 Å². The number of carbonyl (C=O) groups is 1. The number of nitriles is 2. The highest BCUT2D eigenvalue weighted by atomic mass is 16.4. The molecule has 0 atom stereocenters. The molecule has 6 nitrogen and oxygen atoms in total. The van der Waals surface area contributed by atoms with Crippen LogP contribution in [0.25, 0.3) is 0 Å². The van der Waals surface area contributed by atoms with Crippen LogP contribution in [0.3, 0.4) is 0 Å². The SMILES string of the molecule is N#CCN(CC#N)c1ccc(N)c(C(=O)O)c1. The van der Waals surface area contributed by atoms with E-state index in [1.54, 1.807) is 6.07 Å². The number of nitrogens with zero attached hydrogens (tertiary/aromatic N) is 3. The van der Waals surface area contributed by atoms with Crippen LogP contribution < -0.4 is 10.6 Å². The number of anilines is 2. The molecule has 0 spiro atoms. The number of nitrogen functional groups attached to an aromatic ring is 1. The fourth-order valence-electron chi connectivity index (χ4n) is 1.34. The van der Waals surface area contributed by atoms with Gasteiger partial charge in [-0.25, -0.2) is 4.79 Å². The minimum atomic E-state index is -1.14. The molecular formula is C11H10N4O2. The first-order valence-corrected chi connectivity index (χ1v) is 4.71. The molecule has 3 N–H and O–H groups in total. The van der Waals surface area contributed by atoms with E-state index < -0.39 is 5.97 Å². The van der Waals surface area contributed by atoms with Crippen LogP contribution in [0.1, 0.15) is 10.4 Å². The van der Waals surface area contributed by atoms with Gasteiger partial charge in [0.2, 0.25) is 0 Å². The van der Waals surface area contributed by atoms with Crippen molar-refractivity contribution in [1.29, 1.82) is 10.5 Å². The molecule has 0 amide bonds. The van der Waals surface area contributed by atoms with Crippen LogP contribution >= 0.6 is 0 Å². The first kappa shape index (κ1) is 12.3. The molecule has 1 aromatic carbocycles. The smallest absolute Gasteiger partial charge is 0.337 e. The van der Waals surface area contributed by atoms with Gasteiger partial charge in [-0.15, -0.1) is 0 Å². The highest BCUT2D eigenvalue weighted by molar-refractivity contribution is 5.94. The van der Waals surface area contributed by atoms with E-state index in [1.165, 1.54) is 17.0 Å². The Morgan fingerprint density at radius 2 is 1.94 bits per heavy atom. The summed E-state index contributed by atoms with van der Waals surface area (Å²) < 4.78 is 0. The van der Waals surface area contributed by atoms with Gasteiger partial charge in [0, 0.05) is 11.4 Å². The normalized spacial score (nSPS) is 9.06. The molecule has 0 aliphatic rings. The molecule has 0 heterocycles. The van der Waals surface area contributed by atoms with E-state index in [0.29, 0.717) is 5.69 Å². The van der Waals surface area contributed by atoms with E-state index >= 15 is 0 Å². The van der Waals surface area contributed by atoms with E-state index in [1.807, 2.05) is 12.1 Å². The summed E-state index contributed by atoms with van der Waals surface area (Å²) in [6.45, 7) is 0.0209. The second-order valence-corrected chi connectivity index (χ2v) is 3.25. The molecule has 0 aliphatic heterocycles. The van der Waals surface area contributed by atoms with Gasteiger partial charge >= 0.3 is 5.97 Å². The number of hydrogen-bond donors (Lipinski definition) is 2.